The zero-order valence-electron chi connectivity index (χ0n) is 18.1. The number of carbonyl (C=O) groups excluding carboxylic acids is 1. The van der Waals surface area contributed by atoms with Gasteiger partial charge in [0.05, 0.1) is 18.3 Å². The van der Waals surface area contributed by atoms with E-state index in [1.807, 2.05) is 73.7 Å². The molecule has 0 aliphatic carbocycles. The highest BCUT2D eigenvalue weighted by Crippen LogP contribution is 2.23. The van der Waals surface area contributed by atoms with Crippen molar-refractivity contribution in [1.29, 1.82) is 0 Å². The number of hydrogen-bond donors (Lipinski definition) is 2. The number of rotatable bonds is 7. The first-order valence-electron chi connectivity index (χ1n) is 10.4. The van der Waals surface area contributed by atoms with Crippen LogP contribution in [-0.2, 0) is 17.9 Å². The summed E-state index contributed by atoms with van der Waals surface area (Å²) in [6.07, 6.45) is 0. The number of carbonyl (C=O) groups is 1. The minimum absolute atomic E-state index is 0.101. The number of aromatic nitrogens is 1. The second-order valence-electron chi connectivity index (χ2n) is 7.59. The van der Waals surface area contributed by atoms with Gasteiger partial charge < -0.3 is 15.4 Å². The Morgan fingerprint density at radius 1 is 0.969 bits per heavy atom. The number of ether oxygens (including phenoxy) is 1. The van der Waals surface area contributed by atoms with Crippen molar-refractivity contribution in [3.8, 4) is 5.75 Å². The maximum Gasteiger partial charge on any atom is 0.256 e. The van der Waals surface area contributed by atoms with Crippen LogP contribution in [0, 0.1) is 6.92 Å². The van der Waals surface area contributed by atoms with Gasteiger partial charge in [0.15, 0.2) is 0 Å². The first-order chi connectivity index (χ1) is 15.5. The molecule has 2 N–H and O–H groups in total. The first kappa shape index (κ1) is 21.2. The predicted octanol–water partition coefficient (Wildman–Crippen LogP) is 4.57. The highest BCUT2D eigenvalue weighted by molar-refractivity contribution is 5.93. The fourth-order valence-electron chi connectivity index (χ4n) is 3.66. The molecule has 4 aromatic rings. The molecule has 6 nitrogen and oxygen atoms in total. The van der Waals surface area contributed by atoms with Crippen LogP contribution in [0.5, 0.6) is 5.75 Å². The Bertz CT molecular complexity index is 1310. The third kappa shape index (κ3) is 4.64. The molecule has 0 bridgehead atoms. The third-order valence-corrected chi connectivity index (χ3v) is 5.27. The summed E-state index contributed by atoms with van der Waals surface area (Å²) < 4.78 is 6.84. The average molecular weight is 428 g/mol. The van der Waals surface area contributed by atoms with E-state index < -0.39 is 0 Å². The van der Waals surface area contributed by atoms with Gasteiger partial charge in [-0.3, -0.25) is 14.2 Å². The van der Waals surface area contributed by atoms with Crippen molar-refractivity contribution in [2.75, 3.05) is 17.7 Å². The highest BCUT2D eigenvalue weighted by atomic mass is 16.5. The molecule has 0 saturated heterocycles. The van der Waals surface area contributed by atoms with Crippen LogP contribution in [0.4, 0.5) is 11.4 Å². The molecule has 32 heavy (non-hydrogen) atoms. The van der Waals surface area contributed by atoms with Gasteiger partial charge in [0, 0.05) is 17.8 Å². The Morgan fingerprint density at radius 2 is 1.72 bits per heavy atom. The van der Waals surface area contributed by atoms with Gasteiger partial charge in [-0.15, -0.1) is 0 Å². The quantitative estimate of drug-likeness (QED) is 0.453. The van der Waals surface area contributed by atoms with Gasteiger partial charge in [-0.25, -0.2) is 0 Å². The van der Waals surface area contributed by atoms with E-state index in [0.29, 0.717) is 23.5 Å². The SMILES string of the molecule is COc1ccccc1NC(=O)Cn1c(=O)c(CNc2ccccc2)cc2ccc(C)cc21. The summed E-state index contributed by atoms with van der Waals surface area (Å²) >= 11 is 0. The molecule has 0 saturated carbocycles. The van der Waals surface area contributed by atoms with Gasteiger partial charge >= 0.3 is 0 Å². The van der Waals surface area contributed by atoms with Crippen LogP contribution in [0.3, 0.4) is 0 Å². The van der Waals surface area contributed by atoms with Gasteiger partial charge in [-0.2, -0.15) is 0 Å². The number of aryl methyl sites for hydroxylation is 1. The van der Waals surface area contributed by atoms with Crippen LogP contribution in [0.1, 0.15) is 11.1 Å². The molecule has 3 aromatic carbocycles. The van der Waals surface area contributed by atoms with Crippen LogP contribution < -0.4 is 20.9 Å². The van der Waals surface area contributed by atoms with Crippen molar-refractivity contribution in [1.82, 2.24) is 4.57 Å². The molecular weight excluding hydrogens is 402 g/mol. The first-order valence-corrected chi connectivity index (χ1v) is 10.4. The Labute approximate surface area is 186 Å². The largest absolute Gasteiger partial charge is 0.495 e. The zero-order valence-corrected chi connectivity index (χ0v) is 18.1. The molecule has 0 fully saturated rings. The van der Waals surface area contributed by atoms with E-state index in [1.54, 1.807) is 19.2 Å². The second-order valence-corrected chi connectivity index (χ2v) is 7.59. The molecule has 4 rings (SSSR count). The van der Waals surface area contributed by atoms with Gasteiger partial charge in [0.1, 0.15) is 12.3 Å². The normalized spacial score (nSPS) is 10.7. The molecule has 0 atom stereocenters. The minimum atomic E-state index is -0.299. The number of nitrogens with one attached hydrogen (secondary N) is 2. The molecular formula is C26H25N3O3. The summed E-state index contributed by atoms with van der Waals surface area (Å²) in [5.41, 5.74) is 3.64. The molecule has 0 spiro atoms. The number of anilines is 2. The molecule has 1 heterocycles. The van der Waals surface area contributed by atoms with Crippen molar-refractivity contribution in [2.24, 2.45) is 0 Å². The van der Waals surface area contributed by atoms with Crippen molar-refractivity contribution in [2.45, 2.75) is 20.0 Å². The van der Waals surface area contributed by atoms with Crippen molar-refractivity contribution in [3.05, 3.63) is 100 Å². The molecule has 1 amide bonds. The number of para-hydroxylation sites is 3. The minimum Gasteiger partial charge on any atom is -0.495 e. The summed E-state index contributed by atoms with van der Waals surface area (Å²) in [6.45, 7) is 2.23. The number of methoxy groups -OCH3 is 1. The summed E-state index contributed by atoms with van der Waals surface area (Å²) in [5, 5.41) is 7.04. The van der Waals surface area contributed by atoms with Crippen LogP contribution in [-0.4, -0.2) is 17.6 Å². The van der Waals surface area contributed by atoms with Gasteiger partial charge in [0.25, 0.3) is 5.56 Å². The van der Waals surface area contributed by atoms with Crippen molar-refractivity contribution in [3.63, 3.8) is 0 Å². The Morgan fingerprint density at radius 3 is 2.50 bits per heavy atom. The van der Waals surface area contributed by atoms with E-state index in [-0.39, 0.29) is 18.0 Å². The Balaban J connectivity index is 1.67. The lowest BCUT2D eigenvalue weighted by Crippen LogP contribution is -2.30. The standard InChI is InChI=1S/C26H25N3O3/c1-18-12-13-19-15-20(16-27-21-8-4-3-5-9-21)26(31)29(23(19)14-18)17-25(30)28-22-10-6-7-11-24(22)32-2/h3-15,27H,16-17H2,1-2H3,(H,28,30). The fourth-order valence-corrected chi connectivity index (χ4v) is 3.66. The number of pyridine rings is 1. The van der Waals surface area contributed by atoms with Crippen molar-refractivity contribution >= 4 is 28.2 Å². The van der Waals surface area contributed by atoms with E-state index >= 15 is 0 Å². The lowest BCUT2D eigenvalue weighted by Gasteiger charge is -2.15. The predicted molar refractivity (Wildman–Crippen MR) is 128 cm³/mol. The summed E-state index contributed by atoms with van der Waals surface area (Å²) in [7, 11) is 1.55. The van der Waals surface area contributed by atoms with Gasteiger partial charge in [0.2, 0.25) is 5.91 Å². The molecule has 0 unspecified atom stereocenters. The maximum absolute atomic E-state index is 13.3. The molecule has 6 heteroatoms. The third-order valence-electron chi connectivity index (χ3n) is 5.27. The second kappa shape index (κ2) is 9.39. The lowest BCUT2D eigenvalue weighted by molar-refractivity contribution is -0.116. The zero-order chi connectivity index (χ0) is 22.5. The number of nitrogens with zero attached hydrogens (tertiary/aromatic N) is 1. The van der Waals surface area contributed by atoms with E-state index in [2.05, 4.69) is 10.6 Å². The summed E-state index contributed by atoms with van der Waals surface area (Å²) in [4.78, 5) is 26.2. The van der Waals surface area contributed by atoms with E-state index in [9.17, 15) is 9.59 Å². The molecule has 0 aliphatic heterocycles. The smallest absolute Gasteiger partial charge is 0.256 e. The maximum atomic E-state index is 13.3. The van der Waals surface area contributed by atoms with Crippen LogP contribution in [0.15, 0.2) is 83.7 Å². The molecule has 0 aliphatic rings. The summed E-state index contributed by atoms with van der Waals surface area (Å²) in [6, 6.07) is 24.7. The molecule has 162 valence electrons. The van der Waals surface area contributed by atoms with Gasteiger partial charge in [-0.1, -0.05) is 42.5 Å². The number of hydrogen-bond acceptors (Lipinski definition) is 4. The van der Waals surface area contributed by atoms with Crippen LogP contribution in [0.25, 0.3) is 10.9 Å². The number of amides is 1. The van der Waals surface area contributed by atoms with E-state index in [1.165, 1.54) is 4.57 Å². The van der Waals surface area contributed by atoms with E-state index in [0.717, 1.165) is 22.2 Å². The topological polar surface area (TPSA) is 72.4 Å². The summed E-state index contributed by atoms with van der Waals surface area (Å²) in [5.74, 6) is 0.266. The Hall–Kier alpha value is -4.06. The number of benzene rings is 3. The monoisotopic (exact) mass is 427 g/mol. The van der Waals surface area contributed by atoms with E-state index in [4.69, 9.17) is 4.74 Å². The van der Waals surface area contributed by atoms with Crippen LogP contribution >= 0.6 is 0 Å². The highest BCUT2D eigenvalue weighted by Gasteiger charge is 2.14. The molecule has 1 aromatic heterocycles. The van der Waals surface area contributed by atoms with Crippen LogP contribution in [0.2, 0.25) is 0 Å². The molecule has 0 radical (unpaired) electrons. The lowest BCUT2D eigenvalue weighted by atomic mass is 10.1. The van der Waals surface area contributed by atoms with Crippen molar-refractivity contribution < 1.29 is 9.53 Å². The Kier molecular flexibility index (Phi) is 6.22. The number of fused-ring (bicyclic) bond motifs is 1. The average Bonchev–Trinajstić information content (AvgIpc) is 2.81. The fraction of sp³-hybridized carbons (Fsp3) is 0.154. The van der Waals surface area contributed by atoms with Gasteiger partial charge in [-0.05, 0) is 54.3 Å².